The lowest BCUT2D eigenvalue weighted by Gasteiger charge is -2.12. The molecule has 0 amide bonds. The van der Waals surface area contributed by atoms with Crippen molar-refractivity contribution in [2.24, 2.45) is 0 Å². The number of nitrogens with zero attached hydrogens (tertiary/aromatic N) is 1. The number of hydrogen-bond donors (Lipinski definition) is 1. The fourth-order valence-corrected chi connectivity index (χ4v) is 2.82. The minimum Gasteiger partial charge on any atom is -0.365 e. The van der Waals surface area contributed by atoms with Crippen LogP contribution in [-0.4, -0.2) is 4.98 Å². The van der Waals surface area contributed by atoms with Crippen molar-refractivity contribution in [2.75, 3.05) is 5.32 Å². The van der Waals surface area contributed by atoms with Crippen LogP contribution < -0.4 is 5.32 Å². The fourth-order valence-electron chi connectivity index (χ4n) is 1.39. The predicted molar refractivity (Wildman–Crippen MR) is 68.6 cm³/mol. The van der Waals surface area contributed by atoms with Crippen molar-refractivity contribution in [3.8, 4) is 0 Å². The number of nitrogens with one attached hydrogen (secondary N) is 1. The third kappa shape index (κ3) is 3.02. The van der Waals surface area contributed by atoms with E-state index in [1.165, 1.54) is 23.6 Å². The summed E-state index contributed by atoms with van der Waals surface area (Å²) in [5.74, 6) is -0.148. The normalized spacial score (nSPS) is 11.6. The van der Waals surface area contributed by atoms with Crippen molar-refractivity contribution in [3.63, 3.8) is 0 Å². The van der Waals surface area contributed by atoms with Gasteiger partial charge in [0, 0.05) is 15.5 Å². The second-order valence-electron chi connectivity index (χ2n) is 3.44. The maximum Gasteiger partial charge on any atom is 0.419 e. The number of thiophene rings is 1. The SMILES string of the molecule is FC(F)(F)c1cccnc1NCc1sccc1Br. The minimum absolute atomic E-state index is 0.148. The molecule has 0 aliphatic carbocycles. The van der Waals surface area contributed by atoms with Gasteiger partial charge >= 0.3 is 6.18 Å². The molecular weight excluding hydrogens is 329 g/mol. The number of hydrogen-bond acceptors (Lipinski definition) is 3. The number of anilines is 1. The summed E-state index contributed by atoms with van der Waals surface area (Å²) in [5.41, 5.74) is -0.752. The molecule has 0 unspecified atom stereocenters. The monoisotopic (exact) mass is 336 g/mol. The topological polar surface area (TPSA) is 24.9 Å². The third-order valence-corrected chi connectivity index (χ3v) is 4.15. The Bertz CT molecular complexity index is 539. The Kier molecular flexibility index (Phi) is 3.91. The largest absolute Gasteiger partial charge is 0.419 e. The predicted octanol–water partition coefficient (Wildman–Crippen LogP) is 4.54. The Labute approximate surface area is 114 Å². The summed E-state index contributed by atoms with van der Waals surface area (Å²) < 4.78 is 39.0. The van der Waals surface area contributed by atoms with Crippen LogP contribution in [0.1, 0.15) is 10.4 Å². The lowest BCUT2D eigenvalue weighted by molar-refractivity contribution is -0.137. The van der Waals surface area contributed by atoms with Crippen LogP contribution in [0, 0.1) is 0 Å². The molecule has 18 heavy (non-hydrogen) atoms. The van der Waals surface area contributed by atoms with Gasteiger partial charge in [-0.25, -0.2) is 4.98 Å². The average molecular weight is 337 g/mol. The quantitative estimate of drug-likeness (QED) is 0.890. The first-order valence-corrected chi connectivity index (χ1v) is 6.63. The first kappa shape index (κ1) is 13.4. The molecule has 2 nitrogen and oxygen atoms in total. The van der Waals surface area contributed by atoms with Crippen LogP contribution in [0.2, 0.25) is 0 Å². The van der Waals surface area contributed by atoms with Crippen LogP contribution in [0.5, 0.6) is 0 Å². The Balaban J connectivity index is 2.17. The molecule has 0 saturated carbocycles. The van der Waals surface area contributed by atoms with E-state index in [4.69, 9.17) is 0 Å². The van der Waals surface area contributed by atoms with Gasteiger partial charge in [-0.15, -0.1) is 11.3 Å². The van der Waals surface area contributed by atoms with Gasteiger partial charge in [-0.05, 0) is 39.5 Å². The molecule has 0 aromatic carbocycles. The highest BCUT2D eigenvalue weighted by Crippen LogP contribution is 2.34. The number of aromatic nitrogens is 1. The van der Waals surface area contributed by atoms with Crippen LogP contribution in [-0.2, 0) is 12.7 Å². The zero-order valence-corrected chi connectivity index (χ0v) is 11.4. The minimum atomic E-state index is -4.40. The molecule has 96 valence electrons. The molecule has 7 heteroatoms. The van der Waals surface area contributed by atoms with Crippen molar-refractivity contribution < 1.29 is 13.2 Å². The Morgan fingerprint density at radius 2 is 2.11 bits per heavy atom. The number of halogens is 4. The van der Waals surface area contributed by atoms with Crippen LogP contribution in [0.15, 0.2) is 34.2 Å². The van der Waals surface area contributed by atoms with E-state index in [9.17, 15) is 13.2 Å². The highest BCUT2D eigenvalue weighted by atomic mass is 79.9. The fraction of sp³-hybridized carbons (Fsp3) is 0.182. The second-order valence-corrected chi connectivity index (χ2v) is 5.30. The summed E-state index contributed by atoms with van der Waals surface area (Å²) in [7, 11) is 0. The van der Waals surface area contributed by atoms with Crippen molar-refractivity contribution in [3.05, 3.63) is 44.7 Å². The van der Waals surface area contributed by atoms with Gasteiger partial charge in [0.1, 0.15) is 5.82 Å². The van der Waals surface area contributed by atoms with E-state index in [1.54, 1.807) is 0 Å². The summed E-state index contributed by atoms with van der Waals surface area (Å²) in [6, 6.07) is 4.14. The van der Waals surface area contributed by atoms with E-state index < -0.39 is 11.7 Å². The lowest BCUT2D eigenvalue weighted by Crippen LogP contribution is -2.11. The van der Waals surface area contributed by atoms with Crippen LogP contribution in [0.3, 0.4) is 0 Å². The molecule has 1 N–H and O–H groups in total. The van der Waals surface area contributed by atoms with E-state index in [0.717, 1.165) is 15.4 Å². The van der Waals surface area contributed by atoms with Crippen molar-refractivity contribution >= 4 is 33.1 Å². The van der Waals surface area contributed by atoms with Crippen molar-refractivity contribution in [2.45, 2.75) is 12.7 Å². The smallest absolute Gasteiger partial charge is 0.365 e. The maximum absolute atomic E-state index is 12.7. The molecule has 0 bridgehead atoms. The highest BCUT2D eigenvalue weighted by molar-refractivity contribution is 9.10. The van der Waals surface area contributed by atoms with Gasteiger partial charge in [0.25, 0.3) is 0 Å². The number of alkyl halides is 3. The van der Waals surface area contributed by atoms with Gasteiger partial charge in [-0.1, -0.05) is 0 Å². The summed E-state index contributed by atoms with van der Waals surface area (Å²) in [4.78, 5) is 4.66. The number of pyridine rings is 1. The van der Waals surface area contributed by atoms with Crippen LogP contribution in [0.4, 0.5) is 19.0 Å². The Morgan fingerprint density at radius 1 is 1.33 bits per heavy atom. The second kappa shape index (κ2) is 5.27. The first-order valence-electron chi connectivity index (χ1n) is 4.96. The summed E-state index contributed by atoms with van der Waals surface area (Å²) in [6.45, 7) is 0.304. The van der Waals surface area contributed by atoms with Crippen molar-refractivity contribution in [1.82, 2.24) is 4.98 Å². The molecule has 2 aromatic rings. The number of rotatable bonds is 3. The van der Waals surface area contributed by atoms with Crippen LogP contribution >= 0.6 is 27.3 Å². The van der Waals surface area contributed by atoms with Gasteiger partial charge < -0.3 is 5.32 Å². The molecule has 0 aliphatic heterocycles. The Hall–Kier alpha value is -1.08. The lowest BCUT2D eigenvalue weighted by atomic mass is 10.2. The van der Waals surface area contributed by atoms with Crippen LogP contribution in [0.25, 0.3) is 0 Å². The molecule has 0 aliphatic rings. The Morgan fingerprint density at radius 3 is 2.72 bits per heavy atom. The van der Waals surface area contributed by atoms with Gasteiger partial charge in [0.05, 0.1) is 12.1 Å². The van der Waals surface area contributed by atoms with E-state index in [1.807, 2.05) is 11.4 Å². The van der Waals surface area contributed by atoms with E-state index in [-0.39, 0.29) is 5.82 Å². The highest BCUT2D eigenvalue weighted by Gasteiger charge is 2.33. The average Bonchev–Trinajstić information content (AvgIpc) is 2.71. The zero-order chi connectivity index (χ0) is 13.2. The summed E-state index contributed by atoms with van der Waals surface area (Å²) in [6.07, 6.45) is -3.07. The molecule has 2 rings (SSSR count). The van der Waals surface area contributed by atoms with Gasteiger partial charge in [-0.3, -0.25) is 0 Å². The van der Waals surface area contributed by atoms with E-state index >= 15 is 0 Å². The molecule has 0 saturated heterocycles. The summed E-state index contributed by atoms with van der Waals surface area (Å²) >= 11 is 4.79. The molecule has 0 fully saturated rings. The molecule has 0 atom stereocenters. The first-order chi connectivity index (χ1) is 8.48. The molecule has 2 heterocycles. The van der Waals surface area contributed by atoms with Gasteiger partial charge in [0.15, 0.2) is 0 Å². The zero-order valence-electron chi connectivity index (χ0n) is 8.96. The third-order valence-electron chi connectivity index (χ3n) is 2.22. The van der Waals surface area contributed by atoms with E-state index in [0.29, 0.717) is 6.54 Å². The molecule has 0 spiro atoms. The molecule has 0 radical (unpaired) electrons. The van der Waals surface area contributed by atoms with Gasteiger partial charge in [0.2, 0.25) is 0 Å². The maximum atomic E-state index is 12.7. The molecule has 2 aromatic heterocycles. The van der Waals surface area contributed by atoms with Gasteiger partial charge in [-0.2, -0.15) is 13.2 Å². The van der Waals surface area contributed by atoms with Crippen molar-refractivity contribution in [1.29, 1.82) is 0 Å². The van der Waals surface area contributed by atoms with E-state index in [2.05, 4.69) is 26.2 Å². The molecular formula is C11H8BrF3N2S. The standard InChI is InChI=1S/C11H8BrF3N2S/c12-8-3-5-18-9(8)6-17-10-7(11(13,14)15)2-1-4-16-10/h1-5H,6H2,(H,16,17). The summed E-state index contributed by atoms with van der Waals surface area (Å²) in [5, 5.41) is 4.58.